The monoisotopic (exact) mass is 384 g/mol. The van der Waals surface area contributed by atoms with E-state index in [2.05, 4.69) is 40.5 Å². The van der Waals surface area contributed by atoms with Gasteiger partial charge in [-0.15, -0.1) is 24.8 Å². The van der Waals surface area contributed by atoms with Gasteiger partial charge in [0, 0.05) is 36.6 Å². The van der Waals surface area contributed by atoms with Gasteiger partial charge >= 0.3 is 0 Å². The van der Waals surface area contributed by atoms with Crippen LogP contribution in [0.5, 0.6) is 5.75 Å². The third-order valence-corrected chi connectivity index (χ3v) is 4.00. The van der Waals surface area contributed by atoms with Gasteiger partial charge in [0.25, 0.3) is 0 Å². The minimum atomic E-state index is 0. The number of benzene rings is 2. The fourth-order valence-electron chi connectivity index (χ4n) is 2.76. The number of morpholine rings is 1. The van der Waals surface area contributed by atoms with Crippen molar-refractivity contribution in [2.24, 2.45) is 0 Å². The molecule has 0 bridgehead atoms. The smallest absolute Gasteiger partial charge is 0.124 e. The van der Waals surface area contributed by atoms with Gasteiger partial charge in [-0.05, 0) is 37.3 Å². The number of para-hydroxylation sites is 1. The first-order valence-corrected chi connectivity index (χ1v) is 8.24. The second kappa shape index (κ2) is 11.1. The van der Waals surface area contributed by atoms with Crippen molar-refractivity contribution in [3.63, 3.8) is 0 Å². The summed E-state index contributed by atoms with van der Waals surface area (Å²) in [4.78, 5) is 2.36. The predicted molar refractivity (Wildman–Crippen MR) is 109 cm³/mol. The van der Waals surface area contributed by atoms with Crippen LogP contribution in [0.1, 0.15) is 12.5 Å². The molecule has 25 heavy (non-hydrogen) atoms. The van der Waals surface area contributed by atoms with Crippen molar-refractivity contribution in [1.29, 1.82) is 0 Å². The molecule has 6 heteroatoms. The number of hydrogen-bond donors (Lipinski definition) is 1. The first-order chi connectivity index (χ1) is 11.4. The molecule has 2 aromatic carbocycles. The number of nitrogens with one attached hydrogen (secondary N) is 1. The first kappa shape index (κ1) is 21.4. The number of nitrogens with zero attached hydrogens (tertiary/aromatic N) is 1. The predicted octanol–water partition coefficient (Wildman–Crippen LogP) is 4.38. The summed E-state index contributed by atoms with van der Waals surface area (Å²) in [5.74, 6) is 0.951. The number of hydrogen-bond acceptors (Lipinski definition) is 4. The lowest BCUT2D eigenvalue weighted by Gasteiger charge is -2.29. The molecule has 0 saturated carbocycles. The third-order valence-electron chi connectivity index (χ3n) is 4.00. The number of anilines is 2. The summed E-state index contributed by atoms with van der Waals surface area (Å²) < 4.78 is 11.1. The molecule has 0 amide bonds. The Balaban J connectivity index is 0.00000156. The summed E-state index contributed by atoms with van der Waals surface area (Å²) in [5, 5.41) is 3.47. The van der Waals surface area contributed by atoms with Crippen LogP contribution in [0.25, 0.3) is 0 Å². The van der Waals surface area contributed by atoms with E-state index in [1.165, 1.54) is 11.3 Å². The molecule has 3 rings (SSSR count). The Labute approximate surface area is 162 Å². The summed E-state index contributed by atoms with van der Waals surface area (Å²) in [6, 6.07) is 16.8. The quantitative estimate of drug-likeness (QED) is 0.800. The molecule has 138 valence electrons. The molecular weight excluding hydrogens is 359 g/mol. The Morgan fingerprint density at radius 2 is 1.68 bits per heavy atom. The van der Waals surface area contributed by atoms with Crippen LogP contribution < -0.4 is 15.0 Å². The molecule has 0 aliphatic carbocycles. The van der Waals surface area contributed by atoms with Crippen molar-refractivity contribution in [3.8, 4) is 5.75 Å². The number of halogens is 2. The van der Waals surface area contributed by atoms with Gasteiger partial charge in [0.15, 0.2) is 0 Å². The largest absolute Gasteiger partial charge is 0.494 e. The van der Waals surface area contributed by atoms with E-state index in [0.29, 0.717) is 6.61 Å². The zero-order valence-electron chi connectivity index (χ0n) is 14.4. The highest BCUT2D eigenvalue weighted by Gasteiger charge is 2.10. The lowest BCUT2D eigenvalue weighted by atomic mass is 10.2. The summed E-state index contributed by atoms with van der Waals surface area (Å²) in [5.41, 5.74) is 3.55. The third kappa shape index (κ3) is 5.99. The molecule has 0 spiro atoms. The lowest BCUT2D eigenvalue weighted by Crippen LogP contribution is -2.36. The normalized spacial score (nSPS) is 13.4. The van der Waals surface area contributed by atoms with Crippen LogP contribution in [0, 0.1) is 0 Å². The molecule has 2 aromatic rings. The number of rotatable bonds is 6. The maximum Gasteiger partial charge on any atom is 0.124 e. The van der Waals surface area contributed by atoms with Crippen LogP contribution in [-0.2, 0) is 11.3 Å². The van der Waals surface area contributed by atoms with Crippen molar-refractivity contribution < 1.29 is 9.47 Å². The van der Waals surface area contributed by atoms with Gasteiger partial charge in [-0.25, -0.2) is 0 Å². The van der Waals surface area contributed by atoms with Crippen molar-refractivity contribution in [2.75, 3.05) is 43.1 Å². The van der Waals surface area contributed by atoms with E-state index in [-0.39, 0.29) is 24.8 Å². The topological polar surface area (TPSA) is 33.7 Å². The van der Waals surface area contributed by atoms with E-state index < -0.39 is 0 Å². The molecule has 1 aliphatic heterocycles. The van der Waals surface area contributed by atoms with Crippen molar-refractivity contribution in [3.05, 3.63) is 54.1 Å². The fourth-order valence-corrected chi connectivity index (χ4v) is 2.76. The van der Waals surface area contributed by atoms with Crippen LogP contribution >= 0.6 is 24.8 Å². The van der Waals surface area contributed by atoms with Crippen LogP contribution in [0.4, 0.5) is 11.4 Å². The Bertz CT molecular complexity index is 617. The second-order valence-corrected chi connectivity index (χ2v) is 5.54. The molecule has 0 atom stereocenters. The first-order valence-electron chi connectivity index (χ1n) is 8.24. The van der Waals surface area contributed by atoms with Gasteiger partial charge in [0.05, 0.1) is 19.8 Å². The second-order valence-electron chi connectivity index (χ2n) is 5.54. The molecule has 1 saturated heterocycles. The Morgan fingerprint density at radius 1 is 1.00 bits per heavy atom. The highest BCUT2D eigenvalue weighted by Crippen LogP contribution is 2.22. The van der Waals surface area contributed by atoms with E-state index in [4.69, 9.17) is 9.47 Å². The SMILES string of the molecule is CCOc1ccccc1CNc1ccc(N2CCOCC2)cc1.Cl.Cl. The average molecular weight is 385 g/mol. The van der Waals surface area contributed by atoms with Crippen molar-refractivity contribution in [2.45, 2.75) is 13.5 Å². The van der Waals surface area contributed by atoms with Gasteiger partial charge in [-0.3, -0.25) is 0 Å². The van der Waals surface area contributed by atoms with Gasteiger partial charge in [-0.2, -0.15) is 0 Å². The zero-order chi connectivity index (χ0) is 15.9. The highest BCUT2D eigenvalue weighted by atomic mass is 35.5. The molecule has 0 unspecified atom stereocenters. The van der Waals surface area contributed by atoms with Crippen molar-refractivity contribution >= 4 is 36.2 Å². The van der Waals surface area contributed by atoms with Crippen LogP contribution in [0.3, 0.4) is 0 Å². The maximum absolute atomic E-state index is 5.67. The summed E-state index contributed by atoms with van der Waals surface area (Å²) >= 11 is 0. The Morgan fingerprint density at radius 3 is 2.36 bits per heavy atom. The van der Waals surface area contributed by atoms with Crippen molar-refractivity contribution in [1.82, 2.24) is 0 Å². The molecule has 4 nitrogen and oxygen atoms in total. The molecule has 1 aliphatic rings. The standard InChI is InChI=1S/C19H24N2O2.2ClH/c1-2-23-19-6-4-3-5-16(19)15-20-17-7-9-18(10-8-17)21-11-13-22-14-12-21;;/h3-10,20H,2,11-15H2,1H3;2*1H. The number of ether oxygens (including phenoxy) is 2. The zero-order valence-corrected chi connectivity index (χ0v) is 16.1. The molecule has 0 aromatic heterocycles. The van der Waals surface area contributed by atoms with E-state index in [1.807, 2.05) is 25.1 Å². The molecule has 1 heterocycles. The van der Waals surface area contributed by atoms with E-state index in [1.54, 1.807) is 0 Å². The average Bonchev–Trinajstić information content (AvgIpc) is 2.62. The molecule has 0 radical (unpaired) electrons. The Hall–Kier alpha value is -1.62. The van der Waals surface area contributed by atoms with Crippen LogP contribution in [0.2, 0.25) is 0 Å². The summed E-state index contributed by atoms with van der Waals surface area (Å²) in [6.45, 7) is 7.01. The fraction of sp³-hybridized carbons (Fsp3) is 0.368. The van der Waals surface area contributed by atoms with E-state index >= 15 is 0 Å². The highest BCUT2D eigenvalue weighted by molar-refractivity contribution is 5.85. The van der Waals surface area contributed by atoms with E-state index in [0.717, 1.165) is 44.3 Å². The van der Waals surface area contributed by atoms with Crippen LogP contribution in [0.15, 0.2) is 48.5 Å². The Kier molecular flexibility index (Phi) is 9.50. The van der Waals surface area contributed by atoms with Crippen LogP contribution in [-0.4, -0.2) is 32.9 Å². The maximum atomic E-state index is 5.67. The molecule has 1 N–H and O–H groups in total. The lowest BCUT2D eigenvalue weighted by molar-refractivity contribution is 0.122. The molecular formula is C19H26Cl2N2O2. The summed E-state index contributed by atoms with van der Waals surface area (Å²) in [7, 11) is 0. The van der Waals surface area contributed by atoms with E-state index in [9.17, 15) is 0 Å². The summed E-state index contributed by atoms with van der Waals surface area (Å²) in [6.07, 6.45) is 0. The minimum Gasteiger partial charge on any atom is -0.494 e. The van der Waals surface area contributed by atoms with Gasteiger partial charge in [0.2, 0.25) is 0 Å². The van der Waals surface area contributed by atoms with Gasteiger partial charge < -0.3 is 19.7 Å². The van der Waals surface area contributed by atoms with Gasteiger partial charge in [0.1, 0.15) is 5.75 Å². The minimum absolute atomic E-state index is 0. The van der Waals surface area contributed by atoms with Gasteiger partial charge in [-0.1, -0.05) is 18.2 Å². The molecule has 1 fully saturated rings.